The summed E-state index contributed by atoms with van der Waals surface area (Å²) in [6, 6.07) is 24.3. The van der Waals surface area contributed by atoms with Gasteiger partial charge in [-0.2, -0.15) is 0 Å². The first-order valence-corrected chi connectivity index (χ1v) is 12.8. The Morgan fingerprint density at radius 1 is 1.00 bits per heavy atom. The smallest absolute Gasteiger partial charge is 0.356 e. The Labute approximate surface area is 194 Å². The highest BCUT2D eigenvalue weighted by Gasteiger charge is 2.33. The molecule has 0 saturated carbocycles. The van der Waals surface area contributed by atoms with Crippen LogP contribution in [0.1, 0.15) is 50.0 Å². The van der Waals surface area contributed by atoms with Crippen molar-refractivity contribution in [3.8, 4) is 0 Å². The topological polar surface area (TPSA) is 48.4 Å². The van der Waals surface area contributed by atoms with Gasteiger partial charge in [0, 0.05) is 4.47 Å². The van der Waals surface area contributed by atoms with Crippen molar-refractivity contribution >= 4 is 41.3 Å². The van der Waals surface area contributed by atoms with Gasteiger partial charge in [0.25, 0.3) is 0 Å². The van der Waals surface area contributed by atoms with Crippen molar-refractivity contribution in [1.29, 1.82) is 0 Å². The molecule has 162 valence electrons. The first-order valence-electron chi connectivity index (χ1n) is 10.4. The van der Waals surface area contributed by atoms with Crippen molar-refractivity contribution in [2.75, 3.05) is 6.61 Å². The fourth-order valence-corrected chi connectivity index (χ4v) is 6.53. The molecule has 31 heavy (non-hydrogen) atoms. The summed E-state index contributed by atoms with van der Waals surface area (Å²) >= 11 is 3.53. The maximum absolute atomic E-state index is 12.3. The highest BCUT2D eigenvalue weighted by molar-refractivity contribution is 9.10. The number of carbonyl (C=O) groups is 1. The third kappa shape index (κ3) is 6.12. The molecule has 0 fully saturated rings. The van der Waals surface area contributed by atoms with Crippen molar-refractivity contribution in [3.05, 3.63) is 88.7 Å². The van der Waals surface area contributed by atoms with Crippen molar-refractivity contribution in [3.63, 3.8) is 0 Å². The molecular formula is C25H28BrNO3Si. The largest absolute Gasteiger partial charge is 0.461 e. The highest BCUT2D eigenvalue weighted by Crippen LogP contribution is 2.36. The number of pyridine rings is 1. The predicted octanol–water partition coefficient (Wildman–Crippen LogP) is 4.66. The summed E-state index contributed by atoms with van der Waals surface area (Å²) in [4.78, 5) is 17.0. The fraction of sp³-hybridized carbons (Fsp3) is 0.280. The molecule has 1 aromatic heterocycles. The number of halogens is 1. The van der Waals surface area contributed by atoms with E-state index in [4.69, 9.17) is 9.16 Å². The second-order valence-corrected chi connectivity index (χ2v) is 11.7. The Bertz CT molecular complexity index is 967. The predicted molar refractivity (Wildman–Crippen MR) is 130 cm³/mol. The first-order chi connectivity index (χ1) is 14.8. The minimum atomic E-state index is -2.02. The third-order valence-corrected chi connectivity index (χ3v) is 7.81. The number of rotatable bonds is 7. The van der Waals surface area contributed by atoms with E-state index in [1.165, 1.54) is 10.4 Å². The lowest BCUT2D eigenvalue weighted by molar-refractivity contribution is 0.0514. The summed E-state index contributed by atoms with van der Waals surface area (Å²) in [5.41, 5.74) is 0.755. The molecule has 1 unspecified atom stereocenters. The van der Waals surface area contributed by atoms with Crippen LogP contribution in [0.2, 0.25) is 0 Å². The average Bonchev–Trinajstić information content (AvgIpc) is 2.74. The number of nitrogens with zero attached hydrogens (tertiary/aromatic N) is 1. The van der Waals surface area contributed by atoms with Crippen molar-refractivity contribution in [1.82, 2.24) is 4.98 Å². The third-order valence-electron chi connectivity index (χ3n) is 4.83. The van der Waals surface area contributed by atoms with Crippen LogP contribution in [0.4, 0.5) is 0 Å². The van der Waals surface area contributed by atoms with Gasteiger partial charge in [-0.25, -0.2) is 9.78 Å². The maximum atomic E-state index is 12.3. The molecule has 4 nitrogen and oxygen atoms in total. The monoisotopic (exact) mass is 497 g/mol. The van der Waals surface area contributed by atoms with E-state index in [0.29, 0.717) is 12.3 Å². The van der Waals surface area contributed by atoms with Gasteiger partial charge in [-0.1, -0.05) is 97.4 Å². The van der Waals surface area contributed by atoms with Crippen LogP contribution in [0, 0.1) is 5.41 Å². The minimum Gasteiger partial charge on any atom is -0.461 e. The Morgan fingerprint density at radius 2 is 1.55 bits per heavy atom. The Balaban J connectivity index is 2.06. The van der Waals surface area contributed by atoms with Crippen LogP contribution in [-0.4, -0.2) is 26.6 Å². The first kappa shape index (κ1) is 23.4. The number of esters is 1. The number of aromatic nitrogens is 1. The highest BCUT2D eigenvalue weighted by atomic mass is 79.9. The molecule has 0 aliphatic rings. The molecule has 6 heteroatoms. The molecule has 0 bridgehead atoms. The molecule has 1 atom stereocenters. The Hall–Kier alpha value is -2.28. The van der Waals surface area contributed by atoms with E-state index in [2.05, 4.69) is 66.0 Å². The zero-order valence-corrected chi connectivity index (χ0v) is 21.1. The molecule has 0 saturated heterocycles. The standard InChI is InChI=1S/C25H28BrNO3Si/c1-5-29-24(28)22-17-18(26)16-21(27-22)23(25(2,3)4)30-31(19-12-8-6-9-13-19)20-14-10-7-11-15-20/h6-17,23,31H,5H2,1-4H3. The van der Waals surface area contributed by atoms with Crippen LogP contribution in [0.25, 0.3) is 0 Å². The van der Waals surface area contributed by atoms with Gasteiger partial charge in [-0.15, -0.1) is 0 Å². The summed E-state index contributed by atoms with van der Waals surface area (Å²) in [5.74, 6) is -0.433. The van der Waals surface area contributed by atoms with Crippen LogP contribution in [-0.2, 0) is 9.16 Å². The fourth-order valence-electron chi connectivity index (χ4n) is 3.42. The van der Waals surface area contributed by atoms with Crippen molar-refractivity contribution < 1.29 is 14.0 Å². The number of hydrogen-bond acceptors (Lipinski definition) is 4. The Morgan fingerprint density at radius 3 is 2.03 bits per heavy atom. The normalized spacial score (nSPS) is 12.6. The van der Waals surface area contributed by atoms with Gasteiger partial charge in [0.1, 0.15) is 5.69 Å². The number of carbonyl (C=O) groups excluding carboxylic acids is 1. The molecule has 2 aromatic carbocycles. The molecule has 0 amide bonds. The van der Waals surface area contributed by atoms with Gasteiger partial charge in [-0.05, 0) is 34.8 Å². The van der Waals surface area contributed by atoms with E-state index >= 15 is 0 Å². The summed E-state index contributed by atoms with van der Waals surface area (Å²) in [6.45, 7) is 8.48. The van der Waals surface area contributed by atoms with E-state index in [0.717, 1.165) is 4.47 Å². The molecule has 0 aliphatic carbocycles. The minimum absolute atomic E-state index is 0.242. The van der Waals surface area contributed by atoms with Gasteiger partial charge >= 0.3 is 5.97 Å². The number of ether oxygens (including phenoxy) is 1. The second-order valence-electron chi connectivity index (χ2n) is 8.40. The molecule has 3 rings (SSSR count). The molecule has 0 radical (unpaired) electrons. The molecule has 3 aromatic rings. The van der Waals surface area contributed by atoms with Crippen LogP contribution in [0.15, 0.2) is 77.3 Å². The van der Waals surface area contributed by atoms with Crippen LogP contribution >= 0.6 is 15.9 Å². The van der Waals surface area contributed by atoms with Gasteiger partial charge < -0.3 is 9.16 Å². The van der Waals surface area contributed by atoms with Crippen molar-refractivity contribution in [2.24, 2.45) is 5.41 Å². The molecule has 0 aliphatic heterocycles. The van der Waals surface area contributed by atoms with Gasteiger partial charge in [-0.3, -0.25) is 0 Å². The summed E-state index contributed by atoms with van der Waals surface area (Å²) in [7, 11) is -2.02. The maximum Gasteiger partial charge on any atom is 0.356 e. The quantitative estimate of drug-likeness (QED) is 0.351. The van der Waals surface area contributed by atoms with E-state index in [1.54, 1.807) is 13.0 Å². The second kappa shape index (κ2) is 10.4. The van der Waals surface area contributed by atoms with Gasteiger partial charge in [0.05, 0.1) is 18.4 Å². The summed E-state index contributed by atoms with van der Waals surface area (Å²) in [6.07, 6.45) is -0.310. The zero-order valence-electron chi connectivity index (χ0n) is 18.3. The summed E-state index contributed by atoms with van der Waals surface area (Å²) in [5, 5.41) is 2.40. The summed E-state index contributed by atoms with van der Waals surface area (Å²) < 4.78 is 12.9. The molecule has 0 spiro atoms. The van der Waals surface area contributed by atoms with Gasteiger partial charge in [0.2, 0.25) is 9.04 Å². The van der Waals surface area contributed by atoms with E-state index < -0.39 is 15.0 Å². The van der Waals surface area contributed by atoms with Gasteiger partial charge in [0.15, 0.2) is 0 Å². The average molecular weight is 498 g/mol. The lowest BCUT2D eigenvalue weighted by atomic mass is 9.87. The lowest BCUT2D eigenvalue weighted by Gasteiger charge is -2.34. The van der Waals surface area contributed by atoms with E-state index in [-0.39, 0.29) is 17.2 Å². The molecule has 0 N–H and O–H groups in total. The Kier molecular flexibility index (Phi) is 7.81. The van der Waals surface area contributed by atoms with Crippen LogP contribution in [0.3, 0.4) is 0 Å². The number of benzene rings is 2. The molecule has 1 heterocycles. The van der Waals surface area contributed by atoms with Crippen molar-refractivity contribution in [2.45, 2.75) is 33.8 Å². The molecular weight excluding hydrogens is 470 g/mol. The van der Waals surface area contributed by atoms with Crippen LogP contribution < -0.4 is 10.4 Å². The zero-order chi connectivity index (χ0) is 22.4. The van der Waals surface area contributed by atoms with Crippen LogP contribution in [0.5, 0.6) is 0 Å². The lowest BCUT2D eigenvalue weighted by Crippen LogP contribution is -2.47. The number of hydrogen-bond donors (Lipinski definition) is 0. The SMILES string of the molecule is CCOC(=O)c1cc(Br)cc(C(O[SiH](c2ccccc2)c2ccccc2)C(C)(C)C)n1. The van der Waals surface area contributed by atoms with E-state index in [1.807, 2.05) is 42.5 Å². The van der Waals surface area contributed by atoms with E-state index in [9.17, 15) is 4.79 Å².